The number of rotatable bonds is 13. The number of hydrogen-bond donors (Lipinski definition) is 3. The molecule has 0 spiro atoms. The van der Waals surface area contributed by atoms with Crippen molar-refractivity contribution in [1.29, 1.82) is 0 Å². The van der Waals surface area contributed by atoms with Crippen molar-refractivity contribution in [2.24, 2.45) is 0 Å². The first-order valence-corrected chi connectivity index (χ1v) is 10.5. The van der Waals surface area contributed by atoms with Crippen molar-refractivity contribution in [3.63, 3.8) is 0 Å². The first kappa shape index (κ1) is 21.4. The van der Waals surface area contributed by atoms with Crippen LogP contribution in [0.1, 0.15) is 64.4 Å². The Bertz CT molecular complexity index is 614. The van der Waals surface area contributed by atoms with Crippen LogP contribution in [0.25, 0.3) is 0 Å². The topological polar surface area (TPSA) is 95.5 Å². The molecule has 0 aliphatic heterocycles. The second kappa shape index (κ2) is 11.1. The minimum absolute atomic E-state index is 0.242. The summed E-state index contributed by atoms with van der Waals surface area (Å²) in [5, 5.41) is 8.80. The quantitative estimate of drug-likeness (QED) is 0.461. The molecule has 1 atom stereocenters. The first-order chi connectivity index (χ1) is 11.9. The molecule has 0 aromatic heterocycles. The Labute approximate surface area is 151 Å². The number of carboxylic acid groups (broad SMARTS) is 1. The highest BCUT2D eigenvalue weighted by Gasteiger charge is 2.18. The smallest absolute Gasteiger partial charge is 0.304 e. The van der Waals surface area contributed by atoms with Crippen molar-refractivity contribution in [3.05, 3.63) is 29.8 Å². The fourth-order valence-corrected chi connectivity index (χ4v) is 3.75. The van der Waals surface area contributed by atoms with Gasteiger partial charge in [0.15, 0.2) is 0 Å². The second-order valence-electron chi connectivity index (χ2n) is 6.29. The summed E-state index contributed by atoms with van der Waals surface area (Å²) in [5.41, 5.74) is 1.65. The van der Waals surface area contributed by atoms with Crippen molar-refractivity contribution < 1.29 is 18.3 Å². The van der Waals surface area contributed by atoms with Gasteiger partial charge in [-0.2, -0.15) is 13.1 Å². The van der Waals surface area contributed by atoms with Gasteiger partial charge in [-0.05, 0) is 37.0 Å². The van der Waals surface area contributed by atoms with E-state index < -0.39 is 22.2 Å². The summed E-state index contributed by atoms with van der Waals surface area (Å²) in [6.07, 6.45) is 7.27. The molecule has 6 nitrogen and oxygen atoms in total. The molecule has 0 saturated heterocycles. The van der Waals surface area contributed by atoms with Crippen LogP contribution >= 0.6 is 0 Å². The van der Waals surface area contributed by atoms with Crippen LogP contribution in [0, 0.1) is 0 Å². The maximum absolute atomic E-state index is 12.1. The molecule has 7 heteroatoms. The Balaban J connectivity index is 2.51. The molecule has 0 heterocycles. The van der Waals surface area contributed by atoms with E-state index in [2.05, 4.69) is 16.4 Å². The average molecular weight is 371 g/mol. The lowest BCUT2D eigenvalue weighted by atomic mass is 10.1. The highest BCUT2D eigenvalue weighted by atomic mass is 32.2. The maximum atomic E-state index is 12.1. The molecule has 0 amide bonds. The number of unbranched alkanes of at least 4 members (excludes halogenated alkanes) is 4. The van der Waals surface area contributed by atoms with Crippen LogP contribution in [0.5, 0.6) is 0 Å². The van der Waals surface area contributed by atoms with E-state index in [1.807, 2.05) is 12.1 Å². The molecule has 1 aromatic rings. The van der Waals surface area contributed by atoms with Crippen LogP contribution < -0.4 is 9.44 Å². The molecule has 0 fully saturated rings. The fraction of sp³-hybridized carbons (Fsp3) is 0.611. The second-order valence-corrected chi connectivity index (χ2v) is 7.73. The van der Waals surface area contributed by atoms with Crippen LogP contribution in [0.4, 0.5) is 5.69 Å². The van der Waals surface area contributed by atoms with Crippen molar-refractivity contribution in [3.8, 4) is 0 Å². The first-order valence-electron chi connectivity index (χ1n) is 8.97. The molecule has 0 unspecified atom stereocenters. The molecular weight excluding hydrogens is 340 g/mol. The van der Waals surface area contributed by atoms with E-state index in [0.717, 1.165) is 12.8 Å². The molecule has 25 heavy (non-hydrogen) atoms. The predicted octanol–water partition coefficient (Wildman–Crippen LogP) is 3.70. The number of hydrogen-bond acceptors (Lipinski definition) is 3. The fourth-order valence-electron chi connectivity index (χ4n) is 2.56. The summed E-state index contributed by atoms with van der Waals surface area (Å²) >= 11 is 0. The van der Waals surface area contributed by atoms with Crippen LogP contribution in [-0.2, 0) is 21.4 Å². The summed E-state index contributed by atoms with van der Waals surface area (Å²) < 4.78 is 29.0. The van der Waals surface area contributed by atoms with Crippen molar-refractivity contribution in [2.75, 3.05) is 4.72 Å². The molecule has 0 aliphatic carbocycles. The van der Waals surface area contributed by atoms with E-state index in [9.17, 15) is 13.2 Å². The monoisotopic (exact) mass is 370 g/mol. The Morgan fingerprint density at radius 2 is 1.72 bits per heavy atom. The van der Waals surface area contributed by atoms with Crippen LogP contribution in [0.15, 0.2) is 24.3 Å². The lowest BCUT2D eigenvalue weighted by Gasteiger charge is -2.16. The number of aliphatic carboxylic acids is 1. The number of anilines is 1. The molecule has 1 aromatic carbocycles. The number of nitrogens with one attached hydrogen (secondary N) is 2. The molecule has 0 aliphatic rings. The third kappa shape index (κ3) is 9.45. The molecule has 0 bridgehead atoms. The SMILES string of the molecule is CCCCCCCc1ccc(NS(=O)(=O)N[C@@H](CC)CC(=O)O)cc1. The normalized spacial score (nSPS) is 12.7. The van der Waals surface area contributed by atoms with Crippen LogP contribution in [0.3, 0.4) is 0 Å². The largest absolute Gasteiger partial charge is 0.481 e. The molecular formula is C18H30N2O4S. The van der Waals surface area contributed by atoms with E-state index in [1.54, 1.807) is 19.1 Å². The lowest BCUT2D eigenvalue weighted by molar-refractivity contribution is -0.137. The summed E-state index contributed by atoms with van der Waals surface area (Å²) in [5.74, 6) is -1.03. The van der Waals surface area contributed by atoms with Gasteiger partial charge in [-0.25, -0.2) is 0 Å². The van der Waals surface area contributed by atoms with E-state index in [0.29, 0.717) is 12.1 Å². The van der Waals surface area contributed by atoms with Gasteiger partial charge in [-0.1, -0.05) is 51.7 Å². The third-order valence-electron chi connectivity index (χ3n) is 4.01. The van der Waals surface area contributed by atoms with Crippen LogP contribution in [0.2, 0.25) is 0 Å². The number of carboxylic acids is 1. The minimum Gasteiger partial charge on any atom is -0.481 e. The Kier molecular flexibility index (Phi) is 9.52. The van der Waals surface area contributed by atoms with E-state index in [4.69, 9.17) is 5.11 Å². The number of carbonyl (C=O) groups is 1. The number of aryl methyl sites for hydroxylation is 1. The van der Waals surface area contributed by atoms with E-state index >= 15 is 0 Å². The van der Waals surface area contributed by atoms with Gasteiger partial charge in [0.1, 0.15) is 0 Å². The Morgan fingerprint density at radius 3 is 2.28 bits per heavy atom. The highest BCUT2D eigenvalue weighted by molar-refractivity contribution is 7.90. The molecule has 142 valence electrons. The maximum Gasteiger partial charge on any atom is 0.304 e. The van der Waals surface area contributed by atoms with Gasteiger partial charge in [0.25, 0.3) is 10.2 Å². The third-order valence-corrected chi connectivity index (χ3v) is 5.16. The van der Waals surface area contributed by atoms with Gasteiger partial charge in [0.2, 0.25) is 0 Å². The van der Waals surface area contributed by atoms with Crippen molar-refractivity contribution >= 4 is 21.9 Å². The van der Waals surface area contributed by atoms with Gasteiger partial charge in [0, 0.05) is 11.7 Å². The molecule has 3 N–H and O–H groups in total. The van der Waals surface area contributed by atoms with E-state index in [1.165, 1.54) is 31.2 Å². The van der Waals surface area contributed by atoms with Crippen molar-refractivity contribution in [1.82, 2.24) is 4.72 Å². The van der Waals surface area contributed by atoms with Gasteiger partial charge in [-0.3, -0.25) is 9.52 Å². The minimum atomic E-state index is -3.79. The zero-order valence-electron chi connectivity index (χ0n) is 15.1. The van der Waals surface area contributed by atoms with Gasteiger partial charge < -0.3 is 5.11 Å². The summed E-state index contributed by atoms with van der Waals surface area (Å²) in [6, 6.07) is 6.69. The van der Waals surface area contributed by atoms with Gasteiger partial charge >= 0.3 is 5.97 Å². The standard InChI is InChI=1S/C18H30N2O4S/c1-3-5-6-7-8-9-15-10-12-17(13-11-15)20-25(23,24)19-16(4-2)14-18(21)22/h10-13,16,19-20H,3-9,14H2,1-2H3,(H,21,22)/t16-/m0/s1. The molecule has 0 radical (unpaired) electrons. The zero-order chi connectivity index (χ0) is 18.7. The van der Waals surface area contributed by atoms with Gasteiger partial charge in [-0.15, -0.1) is 0 Å². The predicted molar refractivity (Wildman–Crippen MR) is 101 cm³/mol. The van der Waals surface area contributed by atoms with Crippen LogP contribution in [-0.4, -0.2) is 25.5 Å². The molecule has 1 rings (SSSR count). The molecule has 0 saturated carbocycles. The van der Waals surface area contributed by atoms with E-state index in [-0.39, 0.29) is 6.42 Å². The summed E-state index contributed by atoms with van der Waals surface area (Å²) in [4.78, 5) is 10.7. The lowest BCUT2D eigenvalue weighted by Crippen LogP contribution is -2.39. The highest BCUT2D eigenvalue weighted by Crippen LogP contribution is 2.14. The Hall–Kier alpha value is -1.60. The van der Waals surface area contributed by atoms with Gasteiger partial charge in [0.05, 0.1) is 6.42 Å². The summed E-state index contributed by atoms with van der Waals surface area (Å²) in [7, 11) is -3.79. The zero-order valence-corrected chi connectivity index (χ0v) is 15.9. The average Bonchev–Trinajstić information content (AvgIpc) is 2.54. The summed E-state index contributed by atoms with van der Waals surface area (Å²) in [6.45, 7) is 3.93. The number of benzene rings is 1. The Morgan fingerprint density at radius 1 is 1.08 bits per heavy atom. The van der Waals surface area contributed by atoms with Crippen molar-refractivity contribution in [2.45, 2.75) is 71.3 Å².